The number of halogens is 2. The number of hydrogen-bond acceptors (Lipinski definition) is 3. The smallest absolute Gasteiger partial charge is 0.261 e. The normalized spacial score (nSPS) is 11.3. The summed E-state index contributed by atoms with van der Waals surface area (Å²) in [4.78, 5) is -0.260. The van der Waals surface area contributed by atoms with E-state index in [0.29, 0.717) is 16.9 Å². The second-order valence-electron chi connectivity index (χ2n) is 3.81. The molecule has 0 amide bonds. The van der Waals surface area contributed by atoms with Crippen LogP contribution in [0.25, 0.3) is 11.1 Å². The predicted octanol–water partition coefficient (Wildman–Crippen LogP) is 3.43. The summed E-state index contributed by atoms with van der Waals surface area (Å²) >= 11 is 0. The highest BCUT2D eigenvalue weighted by Gasteiger charge is 2.13. The van der Waals surface area contributed by atoms with E-state index >= 15 is 0 Å². The van der Waals surface area contributed by atoms with Gasteiger partial charge in [-0.25, -0.2) is 12.8 Å². The van der Waals surface area contributed by atoms with Crippen molar-refractivity contribution in [2.45, 2.75) is 4.90 Å². The summed E-state index contributed by atoms with van der Waals surface area (Å²) in [7, 11) is 2.77. The first-order valence-corrected chi connectivity index (χ1v) is 7.61. The maximum Gasteiger partial charge on any atom is 0.261 e. The fourth-order valence-electron chi connectivity index (χ4n) is 1.65. The van der Waals surface area contributed by atoms with Gasteiger partial charge in [0.15, 0.2) is 0 Å². The van der Waals surface area contributed by atoms with E-state index in [9.17, 15) is 12.8 Å². The number of benzene rings is 2. The van der Waals surface area contributed by atoms with Crippen molar-refractivity contribution in [1.29, 1.82) is 0 Å². The highest BCUT2D eigenvalue weighted by Crippen LogP contribution is 2.27. The van der Waals surface area contributed by atoms with E-state index < -0.39 is 14.9 Å². The van der Waals surface area contributed by atoms with Crippen molar-refractivity contribution in [3.05, 3.63) is 48.3 Å². The Morgan fingerprint density at radius 1 is 1.11 bits per heavy atom. The first kappa shape index (κ1) is 13.8. The van der Waals surface area contributed by atoms with Crippen LogP contribution in [0.5, 0.6) is 5.75 Å². The van der Waals surface area contributed by atoms with Gasteiger partial charge < -0.3 is 4.74 Å². The third-order valence-electron chi connectivity index (χ3n) is 2.62. The third kappa shape index (κ3) is 3.05. The Bertz CT molecular complexity index is 696. The zero-order valence-corrected chi connectivity index (χ0v) is 11.5. The quantitative estimate of drug-likeness (QED) is 0.816. The van der Waals surface area contributed by atoms with Gasteiger partial charge in [0.2, 0.25) is 0 Å². The van der Waals surface area contributed by atoms with Crippen LogP contribution in [0, 0.1) is 5.82 Å². The lowest BCUT2D eigenvalue weighted by Crippen LogP contribution is -1.93. The molecule has 2 aromatic rings. The molecule has 0 heterocycles. The highest BCUT2D eigenvalue weighted by atomic mass is 35.7. The molecule has 6 heteroatoms. The first-order valence-electron chi connectivity index (χ1n) is 5.30. The van der Waals surface area contributed by atoms with Gasteiger partial charge in [-0.2, -0.15) is 0 Å². The zero-order chi connectivity index (χ0) is 14.0. The molecule has 0 saturated heterocycles. The molecule has 0 aliphatic heterocycles. The Morgan fingerprint density at radius 3 is 2.21 bits per heavy atom. The van der Waals surface area contributed by atoms with E-state index in [-0.39, 0.29) is 4.90 Å². The van der Waals surface area contributed by atoms with Crippen molar-refractivity contribution in [3.8, 4) is 16.9 Å². The minimum Gasteiger partial charge on any atom is -0.497 e. The summed E-state index contributed by atoms with van der Waals surface area (Å²) < 4.78 is 41.1. The molecule has 0 spiro atoms. The van der Waals surface area contributed by atoms with Crippen molar-refractivity contribution in [2.24, 2.45) is 0 Å². The largest absolute Gasteiger partial charge is 0.497 e. The molecule has 0 unspecified atom stereocenters. The molecule has 0 fully saturated rings. The van der Waals surface area contributed by atoms with Crippen LogP contribution < -0.4 is 4.74 Å². The Kier molecular flexibility index (Phi) is 3.78. The van der Waals surface area contributed by atoms with Gasteiger partial charge in [0.1, 0.15) is 11.6 Å². The Morgan fingerprint density at radius 2 is 1.74 bits per heavy atom. The van der Waals surface area contributed by atoms with Gasteiger partial charge in [-0.05, 0) is 29.8 Å². The molecule has 0 atom stereocenters. The average molecular weight is 301 g/mol. The lowest BCUT2D eigenvalue weighted by Gasteiger charge is -2.06. The summed E-state index contributed by atoms with van der Waals surface area (Å²) in [5.41, 5.74) is 0.920. The SMILES string of the molecule is COc1ccc(-c2ccc(S(=O)(=O)Cl)cc2F)cc1. The zero-order valence-electron chi connectivity index (χ0n) is 9.93. The maximum atomic E-state index is 13.9. The molecule has 0 aromatic heterocycles. The van der Waals surface area contributed by atoms with Crippen LogP contribution in [0.15, 0.2) is 47.4 Å². The van der Waals surface area contributed by atoms with Crippen molar-refractivity contribution >= 4 is 19.7 Å². The maximum absolute atomic E-state index is 13.9. The van der Waals surface area contributed by atoms with Crippen LogP contribution in [0.3, 0.4) is 0 Å². The predicted molar refractivity (Wildman–Crippen MR) is 71.4 cm³/mol. The van der Waals surface area contributed by atoms with Gasteiger partial charge in [0, 0.05) is 16.2 Å². The van der Waals surface area contributed by atoms with Gasteiger partial charge >= 0.3 is 0 Å². The summed E-state index contributed by atoms with van der Waals surface area (Å²) in [6.45, 7) is 0. The van der Waals surface area contributed by atoms with E-state index in [0.717, 1.165) is 6.07 Å². The Balaban J connectivity index is 2.46. The van der Waals surface area contributed by atoms with Crippen LogP contribution in [0.1, 0.15) is 0 Å². The van der Waals surface area contributed by atoms with Crippen LogP contribution in [-0.2, 0) is 9.05 Å². The van der Waals surface area contributed by atoms with Crippen molar-refractivity contribution in [2.75, 3.05) is 7.11 Å². The van der Waals surface area contributed by atoms with Crippen molar-refractivity contribution in [1.82, 2.24) is 0 Å². The van der Waals surface area contributed by atoms with Crippen LogP contribution in [-0.4, -0.2) is 15.5 Å². The number of methoxy groups -OCH3 is 1. The molecule has 3 nitrogen and oxygen atoms in total. The Labute approximate surface area is 115 Å². The average Bonchev–Trinajstić information content (AvgIpc) is 2.38. The van der Waals surface area contributed by atoms with Crippen LogP contribution in [0.2, 0.25) is 0 Å². The first-order chi connectivity index (χ1) is 8.91. The second-order valence-corrected chi connectivity index (χ2v) is 6.37. The van der Waals surface area contributed by atoms with Crippen LogP contribution >= 0.6 is 10.7 Å². The fourth-order valence-corrected chi connectivity index (χ4v) is 2.41. The van der Waals surface area contributed by atoms with Gasteiger partial charge in [-0.15, -0.1) is 0 Å². The van der Waals surface area contributed by atoms with Gasteiger partial charge in [-0.3, -0.25) is 0 Å². The van der Waals surface area contributed by atoms with Crippen molar-refractivity contribution < 1.29 is 17.5 Å². The molecule has 0 radical (unpaired) electrons. The number of rotatable bonds is 3. The monoisotopic (exact) mass is 300 g/mol. The second kappa shape index (κ2) is 5.19. The molecule has 0 aliphatic carbocycles. The summed E-state index contributed by atoms with van der Waals surface area (Å²) in [5.74, 6) is 0.0102. The van der Waals surface area contributed by atoms with Gasteiger partial charge in [0.25, 0.3) is 9.05 Å². The lowest BCUT2D eigenvalue weighted by atomic mass is 10.1. The van der Waals surface area contributed by atoms with E-state index in [1.165, 1.54) is 19.2 Å². The molecule has 0 bridgehead atoms. The molecular formula is C13H10ClFO3S. The third-order valence-corrected chi connectivity index (χ3v) is 3.97. The van der Waals surface area contributed by atoms with E-state index in [1.807, 2.05) is 0 Å². The number of hydrogen-bond donors (Lipinski definition) is 0. The molecule has 100 valence electrons. The van der Waals surface area contributed by atoms with E-state index in [4.69, 9.17) is 15.4 Å². The molecule has 2 aromatic carbocycles. The minimum absolute atomic E-state index is 0.260. The van der Waals surface area contributed by atoms with Crippen molar-refractivity contribution in [3.63, 3.8) is 0 Å². The minimum atomic E-state index is -3.92. The summed E-state index contributed by atoms with van der Waals surface area (Å²) in [6, 6.07) is 10.3. The van der Waals surface area contributed by atoms with Gasteiger partial charge in [0.05, 0.1) is 12.0 Å². The van der Waals surface area contributed by atoms with E-state index in [2.05, 4.69) is 0 Å². The summed E-state index contributed by atoms with van der Waals surface area (Å²) in [5, 5.41) is 0. The van der Waals surface area contributed by atoms with Gasteiger partial charge in [-0.1, -0.05) is 18.2 Å². The van der Waals surface area contributed by atoms with Crippen LogP contribution in [0.4, 0.5) is 4.39 Å². The topological polar surface area (TPSA) is 43.4 Å². The molecular weight excluding hydrogens is 291 g/mol. The molecule has 0 aliphatic rings. The lowest BCUT2D eigenvalue weighted by molar-refractivity contribution is 0.415. The standard InChI is InChI=1S/C13H10ClFO3S/c1-18-10-4-2-9(3-5-10)12-7-6-11(8-13(12)15)19(14,16)17/h2-8H,1H3. The molecule has 2 rings (SSSR count). The van der Waals surface area contributed by atoms with E-state index in [1.54, 1.807) is 24.3 Å². The summed E-state index contributed by atoms with van der Waals surface area (Å²) in [6.07, 6.45) is 0. The molecule has 0 N–H and O–H groups in total. The number of ether oxygens (including phenoxy) is 1. The fraction of sp³-hybridized carbons (Fsp3) is 0.0769. The molecule has 0 saturated carbocycles. The Hall–Kier alpha value is -1.59. The highest BCUT2D eigenvalue weighted by molar-refractivity contribution is 8.13. The molecule has 19 heavy (non-hydrogen) atoms.